The molecule has 39 heavy (non-hydrogen) atoms. The molecule has 0 bridgehead atoms. The number of rotatable bonds is 9. The SMILES string of the molecule is CC(C)CN(Cc1nc2ccccc2n1Cc1ccccc1CN1CCCCC1)C(=O)c1cccc(F)c1F. The molecule has 1 amide bonds. The van der Waals surface area contributed by atoms with Gasteiger partial charge in [-0.15, -0.1) is 0 Å². The largest absolute Gasteiger partial charge is 0.331 e. The molecule has 4 aromatic rings. The molecular formula is C32H36F2N4O. The third kappa shape index (κ3) is 6.19. The molecule has 0 unspecified atom stereocenters. The van der Waals surface area contributed by atoms with Crippen LogP contribution in [0.3, 0.4) is 0 Å². The Hall–Kier alpha value is -3.58. The smallest absolute Gasteiger partial charge is 0.257 e. The van der Waals surface area contributed by atoms with Gasteiger partial charge in [-0.2, -0.15) is 0 Å². The summed E-state index contributed by atoms with van der Waals surface area (Å²) >= 11 is 0. The van der Waals surface area contributed by atoms with E-state index in [0.29, 0.717) is 13.1 Å². The molecule has 5 nitrogen and oxygen atoms in total. The summed E-state index contributed by atoms with van der Waals surface area (Å²) in [7, 11) is 0. The summed E-state index contributed by atoms with van der Waals surface area (Å²) in [5, 5.41) is 0. The molecule has 1 aromatic heterocycles. The van der Waals surface area contributed by atoms with Gasteiger partial charge < -0.3 is 9.47 Å². The van der Waals surface area contributed by atoms with E-state index in [1.807, 2.05) is 38.1 Å². The van der Waals surface area contributed by atoms with Crippen LogP contribution in [-0.4, -0.2) is 44.9 Å². The lowest BCUT2D eigenvalue weighted by molar-refractivity contribution is 0.0710. The molecule has 1 aliphatic rings. The van der Waals surface area contributed by atoms with Crippen LogP contribution in [0, 0.1) is 17.6 Å². The lowest BCUT2D eigenvalue weighted by Gasteiger charge is -2.28. The Morgan fingerprint density at radius 3 is 2.33 bits per heavy atom. The molecule has 0 saturated carbocycles. The average Bonchev–Trinajstić information content (AvgIpc) is 3.27. The number of hydrogen-bond donors (Lipinski definition) is 0. The Kier molecular flexibility index (Phi) is 8.36. The van der Waals surface area contributed by atoms with E-state index in [2.05, 4.69) is 33.7 Å². The second-order valence-electron chi connectivity index (χ2n) is 10.9. The Balaban J connectivity index is 1.49. The third-order valence-corrected chi connectivity index (χ3v) is 7.41. The molecule has 0 atom stereocenters. The Labute approximate surface area is 229 Å². The first-order valence-electron chi connectivity index (χ1n) is 13.9. The zero-order valence-electron chi connectivity index (χ0n) is 22.7. The lowest BCUT2D eigenvalue weighted by atomic mass is 10.0. The fourth-order valence-corrected chi connectivity index (χ4v) is 5.49. The van der Waals surface area contributed by atoms with Crippen molar-refractivity contribution in [3.8, 4) is 0 Å². The number of likely N-dealkylation sites (tertiary alicyclic amines) is 1. The zero-order chi connectivity index (χ0) is 27.4. The predicted octanol–water partition coefficient (Wildman–Crippen LogP) is 6.65. The van der Waals surface area contributed by atoms with Crippen molar-refractivity contribution in [3.05, 3.63) is 101 Å². The van der Waals surface area contributed by atoms with Crippen molar-refractivity contribution in [2.24, 2.45) is 5.92 Å². The molecule has 5 rings (SSSR count). The molecule has 0 spiro atoms. The van der Waals surface area contributed by atoms with Crippen molar-refractivity contribution in [1.82, 2.24) is 19.4 Å². The fourth-order valence-electron chi connectivity index (χ4n) is 5.49. The maximum atomic E-state index is 14.6. The molecule has 1 saturated heterocycles. The van der Waals surface area contributed by atoms with E-state index in [1.165, 1.54) is 42.5 Å². The Morgan fingerprint density at radius 2 is 1.59 bits per heavy atom. The van der Waals surface area contributed by atoms with Crippen LogP contribution < -0.4 is 0 Å². The normalized spacial score (nSPS) is 14.3. The number of nitrogens with zero attached hydrogens (tertiary/aromatic N) is 4. The maximum absolute atomic E-state index is 14.6. The monoisotopic (exact) mass is 530 g/mol. The molecule has 0 radical (unpaired) electrons. The fraction of sp³-hybridized carbons (Fsp3) is 0.375. The van der Waals surface area contributed by atoms with Crippen LogP contribution in [0.2, 0.25) is 0 Å². The number of fused-ring (bicyclic) bond motifs is 1. The van der Waals surface area contributed by atoms with E-state index < -0.39 is 17.5 Å². The Bertz CT molecular complexity index is 1440. The van der Waals surface area contributed by atoms with Crippen molar-refractivity contribution < 1.29 is 13.6 Å². The van der Waals surface area contributed by atoms with Crippen molar-refractivity contribution in [1.29, 1.82) is 0 Å². The van der Waals surface area contributed by atoms with Crippen molar-refractivity contribution in [3.63, 3.8) is 0 Å². The highest BCUT2D eigenvalue weighted by Crippen LogP contribution is 2.24. The molecule has 3 aromatic carbocycles. The van der Waals surface area contributed by atoms with Crippen molar-refractivity contribution in [2.45, 2.75) is 52.7 Å². The number of imidazole rings is 1. The van der Waals surface area contributed by atoms with Crippen LogP contribution in [0.4, 0.5) is 8.78 Å². The van der Waals surface area contributed by atoms with E-state index in [1.54, 1.807) is 4.90 Å². The van der Waals surface area contributed by atoms with Crippen LogP contribution in [0.25, 0.3) is 11.0 Å². The van der Waals surface area contributed by atoms with Gasteiger partial charge in [0.1, 0.15) is 5.82 Å². The summed E-state index contributed by atoms with van der Waals surface area (Å²) in [6.45, 7) is 8.35. The molecule has 0 N–H and O–H groups in total. The molecule has 1 fully saturated rings. The first kappa shape index (κ1) is 27.0. The summed E-state index contributed by atoms with van der Waals surface area (Å²) in [6, 6.07) is 20.2. The van der Waals surface area contributed by atoms with Gasteiger partial charge in [-0.05, 0) is 67.2 Å². The Morgan fingerprint density at radius 1 is 0.897 bits per heavy atom. The average molecular weight is 531 g/mol. The summed E-state index contributed by atoms with van der Waals surface area (Å²) in [5.74, 6) is -1.83. The molecule has 1 aliphatic heterocycles. The summed E-state index contributed by atoms with van der Waals surface area (Å²) in [5.41, 5.74) is 4.07. The van der Waals surface area contributed by atoms with E-state index in [0.717, 1.165) is 42.6 Å². The summed E-state index contributed by atoms with van der Waals surface area (Å²) in [4.78, 5) is 22.5. The number of carbonyl (C=O) groups is 1. The molecule has 7 heteroatoms. The molecule has 2 heterocycles. The maximum Gasteiger partial charge on any atom is 0.257 e. The topological polar surface area (TPSA) is 41.4 Å². The van der Waals surface area contributed by atoms with E-state index in [4.69, 9.17) is 4.98 Å². The highest BCUT2D eigenvalue weighted by Gasteiger charge is 2.25. The number of amides is 1. The number of para-hydroxylation sites is 2. The minimum Gasteiger partial charge on any atom is -0.331 e. The van der Waals surface area contributed by atoms with Crippen LogP contribution in [0.15, 0.2) is 66.7 Å². The summed E-state index contributed by atoms with van der Waals surface area (Å²) < 4.78 is 30.8. The number of carbonyl (C=O) groups excluding carboxylic acids is 1. The quantitative estimate of drug-likeness (QED) is 0.243. The number of benzene rings is 3. The minimum atomic E-state index is -1.11. The first-order chi connectivity index (χ1) is 18.9. The van der Waals surface area contributed by atoms with Crippen LogP contribution in [0.1, 0.15) is 60.4 Å². The number of hydrogen-bond acceptors (Lipinski definition) is 3. The van der Waals surface area contributed by atoms with Gasteiger partial charge in [0.15, 0.2) is 11.6 Å². The van der Waals surface area contributed by atoms with Gasteiger partial charge >= 0.3 is 0 Å². The highest BCUT2D eigenvalue weighted by atomic mass is 19.2. The van der Waals surface area contributed by atoms with Gasteiger partial charge in [0.25, 0.3) is 5.91 Å². The molecule has 0 aliphatic carbocycles. The van der Waals surface area contributed by atoms with Crippen LogP contribution in [-0.2, 0) is 19.6 Å². The number of piperidine rings is 1. The number of aromatic nitrogens is 2. The van der Waals surface area contributed by atoms with Crippen LogP contribution in [0.5, 0.6) is 0 Å². The van der Waals surface area contributed by atoms with Gasteiger partial charge in [0.05, 0.1) is 23.1 Å². The predicted molar refractivity (Wildman–Crippen MR) is 150 cm³/mol. The molecular weight excluding hydrogens is 494 g/mol. The minimum absolute atomic E-state index is 0.133. The number of halogens is 2. The third-order valence-electron chi connectivity index (χ3n) is 7.41. The molecule has 204 valence electrons. The highest BCUT2D eigenvalue weighted by molar-refractivity contribution is 5.94. The first-order valence-corrected chi connectivity index (χ1v) is 13.9. The van der Waals surface area contributed by atoms with Crippen LogP contribution >= 0.6 is 0 Å². The lowest BCUT2D eigenvalue weighted by Crippen LogP contribution is -2.35. The van der Waals surface area contributed by atoms with Crippen molar-refractivity contribution in [2.75, 3.05) is 19.6 Å². The van der Waals surface area contributed by atoms with Gasteiger partial charge in [-0.3, -0.25) is 9.69 Å². The van der Waals surface area contributed by atoms with Gasteiger partial charge in [0.2, 0.25) is 0 Å². The van der Waals surface area contributed by atoms with Gasteiger partial charge in [0, 0.05) is 19.6 Å². The van der Waals surface area contributed by atoms with E-state index in [9.17, 15) is 13.6 Å². The van der Waals surface area contributed by atoms with Gasteiger partial charge in [-0.1, -0.05) is 62.7 Å². The second-order valence-corrected chi connectivity index (χ2v) is 10.9. The van der Waals surface area contributed by atoms with Crippen molar-refractivity contribution >= 4 is 16.9 Å². The van der Waals surface area contributed by atoms with E-state index in [-0.39, 0.29) is 18.0 Å². The van der Waals surface area contributed by atoms with E-state index >= 15 is 0 Å². The second kappa shape index (κ2) is 12.1. The summed E-state index contributed by atoms with van der Waals surface area (Å²) in [6.07, 6.45) is 3.78. The zero-order valence-corrected chi connectivity index (χ0v) is 22.7. The van der Waals surface area contributed by atoms with Gasteiger partial charge in [-0.25, -0.2) is 13.8 Å². The standard InChI is InChI=1S/C32H36F2N4O/c1-23(2)19-37(32(39)26-13-10-14-27(33)31(26)34)22-30-35-28-15-6-7-16-29(28)38(30)21-25-12-5-4-11-24(25)20-36-17-8-3-9-18-36/h4-7,10-16,23H,3,8-9,17-22H2,1-2H3.